The monoisotopic (exact) mass is 343 g/mol. The lowest BCUT2D eigenvalue weighted by Crippen LogP contribution is -2.50. The topological polar surface area (TPSA) is 52.6 Å². The maximum absolute atomic E-state index is 12.6. The summed E-state index contributed by atoms with van der Waals surface area (Å²) in [5.41, 5.74) is 1.02. The first-order valence-electron chi connectivity index (χ1n) is 9.85. The summed E-state index contributed by atoms with van der Waals surface area (Å²) in [6.07, 6.45) is 7.07. The van der Waals surface area contributed by atoms with Crippen molar-refractivity contribution < 1.29 is 4.79 Å². The molecule has 2 saturated heterocycles. The van der Waals surface area contributed by atoms with E-state index in [1.807, 2.05) is 6.92 Å². The molecule has 3 heterocycles. The van der Waals surface area contributed by atoms with Crippen LogP contribution in [0.5, 0.6) is 0 Å². The molecule has 3 aliphatic rings. The number of carbonyl (C=O) groups excluding carboxylic acids is 1. The fourth-order valence-corrected chi connectivity index (χ4v) is 4.34. The summed E-state index contributed by atoms with van der Waals surface area (Å²) in [6, 6.07) is 2.08. The number of nitrogens with zero attached hydrogens (tertiary/aromatic N) is 5. The van der Waals surface area contributed by atoms with Gasteiger partial charge in [-0.25, -0.2) is 4.98 Å². The summed E-state index contributed by atoms with van der Waals surface area (Å²) in [4.78, 5) is 28.7. The predicted molar refractivity (Wildman–Crippen MR) is 99.0 cm³/mol. The average molecular weight is 343 g/mol. The number of rotatable bonds is 3. The summed E-state index contributed by atoms with van der Waals surface area (Å²) >= 11 is 0. The first-order valence-corrected chi connectivity index (χ1v) is 9.85. The van der Waals surface area contributed by atoms with E-state index in [0.717, 1.165) is 69.6 Å². The SMILES string of the molecule is Cc1cc(N2CCN(C(=O)C3CCCC3)CC2)nc(N2CCCC2)n1. The Morgan fingerprint density at radius 2 is 1.60 bits per heavy atom. The van der Waals surface area contributed by atoms with Crippen molar-refractivity contribution in [2.45, 2.75) is 45.4 Å². The number of hydrogen-bond acceptors (Lipinski definition) is 5. The predicted octanol–water partition coefficient (Wildman–Crippen LogP) is 2.22. The van der Waals surface area contributed by atoms with E-state index in [1.165, 1.54) is 25.7 Å². The summed E-state index contributed by atoms with van der Waals surface area (Å²) in [7, 11) is 0. The minimum absolute atomic E-state index is 0.287. The van der Waals surface area contributed by atoms with E-state index >= 15 is 0 Å². The molecule has 0 atom stereocenters. The highest BCUT2D eigenvalue weighted by molar-refractivity contribution is 5.79. The van der Waals surface area contributed by atoms with Crippen LogP contribution < -0.4 is 9.80 Å². The molecule has 0 unspecified atom stereocenters. The minimum Gasteiger partial charge on any atom is -0.353 e. The lowest BCUT2D eigenvalue weighted by Gasteiger charge is -2.36. The molecular formula is C19H29N5O. The summed E-state index contributed by atoms with van der Waals surface area (Å²) in [5, 5.41) is 0. The van der Waals surface area contributed by atoms with Crippen LogP contribution in [0.1, 0.15) is 44.2 Å². The van der Waals surface area contributed by atoms with Gasteiger partial charge in [0.2, 0.25) is 11.9 Å². The molecule has 0 radical (unpaired) electrons. The first-order chi connectivity index (χ1) is 12.2. The quantitative estimate of drug-likeness (QED) is 0.842. The molecule has 0 aromatic carbocycles. The molecule has 6 nitrogen and oxygen atoms in total. The third-order valence-corrected chi connectivity index (χ3v) is 5.84. The number of hydrogen-bond donors (Lipinski definition) is 0. The van der Waals surface area contributed by atoms with Crippen LogP contribution in [0.4, 0.5) is 11.8 Å². The molecule has 25 heavy (non-hydrogen) atoms. The van der Waals surface area contributed by atoms with Crippen LogP contribution in [0.2, 0.25) is 0 Å². The fourth-order valence-electron chi connectivity index (χ4n) is 4.34. The van der Waals surface area contributed by atoms with E-state index in [1.54, 1.807) is 0 Å². The first kappa shape index (κ1) is 16.6. The van der Waals surface area contributed by atoms with E-state index in [4.69, 9.17) is 4.98 Å². The smallest absolute Gasteiger partial charge is 0.227 e. The van der Waals surface area contributed by atoms with Gasteiger partial charge in [-0.3, -0.25) is 4.79 Å². The summed E-state index contributed by atoms with van der Waals surface area (Å²) in [6.45, 7) is 7.54. The largest absolute Gasteiger partial charge is 0.353 e. The number of carbonyl (C=O) groups is 1. The molecule has 1 aromatic heterocycles. The Labute approximate surface area is 150 Å². The molecule has 3 fully saturated rings. The zero-order valence-corrected chi connectivity index (χ0v) is 15.3. The molecule has 136 valence electrons. The van der Waals surface area contributed by atoms with Crippen LogP contribution in [0.25, 0.3) is 0 Å². The van der Waals surface area contributed by atoms with Crippen LogP contribution in [0.15, 0.2) is 6.07 Å². The van der Waals surface area contributed by atoms with Crippen LogP contribution in [-0.4, -0.2) is 60.0 Å². The van der Waals surface area contributed by atoms with Gasteiger partial charge in [-0.15, -0.1) is 0 Å². The highest BCUT2D eigenvalue weighted by Gasteiger charge is 2.30. The molecule has 1 amide bonds. The van der Waals surface area contributed by atoms with E-state index in [9.17, 15) is 4.79 Å². The fraction of sp³-hybridized carbons (Fsp3) is 0.737. The Balaban J connectivity index is 1.41. The summed E-state index contributed by atoms with van der Waals surface area (Å²) in [5.74, 6) is 2.56. The van der Waals surface area contributed by atoms with Crippen LogP contribution in [-0.2, 0) is 4.79 Å². The van der Waals surface area contributed by atoms with Gasteiger partial charge in [-0.2, -0.15) is 4.98 Å². The Morgan fingerprint density at radius 3 is 2.28 bits per heavy atom. The Kier molecular flexibility index (Phi) is 4.77. The third-order valence-electron chi connectivity index (χ3n) is 5.84. The van der Waals surface area contributed by atoms with Crippen molar-refractivity contribution >= 4 is 17.7 Å². The molecule has 2 aliphatic heterocycles. The average Bonchev–Trinajstić information content (AvgIpc) is 3.34. The van der Waals surface area contributed by atoms with Crippen molar-refractivity contribution in [2.75, 3.05) is 49.1 Å². The lowest BCUT2D eigenvalue weighted by molar-refractivity contribution is -0.135. The van der Waals surface area contributed by atoms with Gasteiger partial charge in [0.15, 0.2) is 0 Å². The number of anilines is 2. The van der Waals surface area contributed by atoms with Crippen molar-refractivity contribution in [3.63, 3.8) is 0 Å². The zero-order valence-electron chi connectivity index (χ0n) is 15.3. The second-order valence-corrected chi connectivity index (χ2v) is 7.66. The second-order valence-electron chi connectivity index (χ2n) is 7.66. The normalized spacial score (nSPS) is 22.0. The van der Waals surface area contributed by atoms with E-state index in [2.05, 4.69) is 25.8 Å². The number of aryl methyl sites for hydroxylation is 1. The lowest BCUT2D eigenvalue weighted by atomic mass is 10.1. The minimum atomic E-state index is 0.287. The second kappa shape index (κ2) is 7.18. The Morgan fingerprint density at radius 1 is 0.920 bits per heavy atom. The van der Waals surface area contributed by atoms with Crippen molar-refractivity contribution in [3.05, 3.63) is 11.8 Å². The van der Waals surface area contributed by atoms with Crippen molar-refractivity contribution in [1.82, 2.24) is 14.9 Å². The molecule has 0 N–H and O–H groups in total. The number of amides is 1. The van der Waals surface area contributed by atoms with E-state index in [0.29, 0.717) is 5.91 Å². The van der Waals surface area contributed by atoms with Crippen LogP contribution >= 0.6 is 0 Å². The van der Waals surface area contributed by atoms with Crippen molar-refractivity contribution in [2.24, 2.45) is 5.92 Å². The van der Waals surface area contributed by atoms with Gasteiger partial charge in [-0.05, 0) is 32.6 Å². The molecule has 0 spiro atoms. The van der Waals surface area contributed by atoms with Gasteiger partial charge in [0.25, 0.3) is 0 Å². The molecule has 0 bridgehead atoms. The summed E-state index contributed by atoms with van der Waals surface area (Å²) < 4.78 is 0. The third kappa shape index (κ3) is 3.58. The molecule has 1 aromatic rings. The molecule has 1 saturated carbocycles. The van der Waals surface area contributed by atoms with E-state index in [-0.39, 0.29) is 5.92 Å². The molecule has 6 heteroatoms. The highest BCUT2D eigenvalue weighted by Crippen LogP contribution is 2.27. The van der Waals surface area contributed by atoms with E-state index < -0.39 is 0 Å². The van der Waals surface area contributed by atoms with Gasteiger partial charge in [0, 0.05) is 56.9 Å². The molecule has 1 aliphatic carbocycles. The van der Waals surface area contributed by atoms with Crippen molar-refractivity contribution in [3.8, 4) is 0 Å². The van der Waals surface area contributed by atoms with Crippen molar-refractivity contribution in [1.29, 1.82) is 0 Å². The molecular weight excluding hydrogens is 314 g/mol. The van der Waals surface area contributed by atoms with Gasteiger partial charge in [0.05, 0.1) is 0 Å². The zero-order chi connectivity index (χ0) is 17.2. The molecule has 4 rings (SSSR count). The number of aromatic nitrogens is 2. The highest BCUT2D eigenvalue weighted by atomic mass is 16.2. The van der Waals surface area contributed by atoms with Gasteiger partial charge in [0.1, 0.15) is 5.82 Å². The van der Waals surface area contributed by atoms with Gasteiger partial charge < -0.3 is 14.7 Å². The number of piperazine rings is 1. The van der Waals surface area contributed by atoms with Crippen LogP contribution in [0, 0.1) is 12.8 Å². The Hall–Kier alpha value is -1.85. The maximum atomic E-state index is 12.6. The maximum Gasteiger partial charge on any atom is 0.227 e. The standard InChI is InChI=1S/C19H29N5O/c1-15-14-17(21-19(20-15)24-8-4-5-9-24)22-10-12-23(13-11-22)18(25)16-6-2-3-7-16/h14,16H,2-13H2,1H3. The Bertz CT molecular complexity index is 614. The van der Waals surface area contributed by atoms with Gasteiger partial charge in [-0.1, -0.05) is 12.8 Å². The van der Waals surface area contributed by atoms with Gasteiger partial charge >= 0.3 is 0 Å². The van der Waals surface area contributed by atoms with Crippen LogP contribution in [0.3, 0.4) is 0 Å².